The molecular formula is C15H8N2O3. The first-order valence-electron chi connectivity index (χ1n) is 5.65. The Hall–Kier alpha value is -3.13. The molecule has 0 atom stereocenters. The van der Waals surface area contributed by atoms with Crippen molar-refractivity contribution in [2.75, 3.05) is 0 Å². The molecule has 5 heteroatoms. The lowest BCUT2D eigenvalue weighted by atomic mass is 10.0. The van der Waals surface area contributed by atoms with Crippen LogP contribution in [0.4, 0.5) is 11.4 Å². The van der Waals surface area contributed by atoms with Gasteiger partial charge < -0.3 is 0 Å². The fourth-order valence-corrected chi connectivity index (χ4v) is 1.71. The molecule has 5 nitrogen and oxygen atoms in total. The average molecular weight is 264 g/mol. The Morgan fingerprint density at radius 2 is 1.25 bits per heavy atom. The van der Waals surface area contributed by atoms with Gasteiger partial charge in [-0.25, -0.2) is 9.59 Å². The van der Waals surface area contributed by atoms with E-state index in [1.165, 1.54) is 24.3 Å². The zero-order chi connectivity index (χ0) is 14.4. The van der Waals surface area contributed by atoms with Crippen molar-refractivity contribution in [1.29, 1.82) is 0 Å². The van der Waals surface area contributed by atoms with Gasteiger partial charge in [-0.05, 0) is 24.3 Å². The fourth-order valence-electron chi connectivity index (χ4n) is 1.71. The highest BCUT2D eigenvalue weighted by atomic mass is 16.1. The number of isocyanates is 2. The van der Waals surface area contributed by atoms with Crippen molar-refractivity contribution in [1.82, 2.24) is 0 Å². The van der Waals surface area contributed by atoms with Gasteiger partial charge in [0.15, 0.2) is 5.78 Å². The van der Waals surface area contributed by atoms with Crippen LogP contribution >= 0.6 is 0 Å². The first kappa shape index (κ1) is 13.3. The predicted octanol–water partition coefficient (Wildman–Crippen LogP) is 2.85. The molecule has 0 aromatic heterocycles. The van der Waals surface area contributed by atoms with Gasteiger partial charge in [-0.15, -0.1) is 0 Å². The van der Waals surface area contributed by atoms with E-state index in [1.54, 1.807) is 36.4 Å². The largest absolute Gasteiger partial charge is 0.289 e. The molecule has 96 valence electrons. The quantitative estimate of drug-likeness (QED) is 0.484. The van der Waals surface area contributed by atoms with Crippen molar-refractivity contribution < 1.29 is 14.4 Å². The number of carbonyl (C=O) groups excluding carboxylic acids is 3. The molecule has 0 unspecified atom stereocenters. The maximum Gasteiger partial charge on any atom is 0.240 e. The van der Waals surface area contributed by atoms with Gasteiger partial charge in [-0.2, -0.15) is 9.98 Å². The number of aliphatic imine (C=N–C) groups is 2. The second kappa shape index (κ2) is 6.16. The third kappa shape index (κ3) is 3.00. The number of benzene rings is 2. The highest BCUT2D eigenvalue weighted by Crippen LogP contribution is 2.19. The first-order valence-corrected chi connectivity index (χ1v) is 5.65. The van der Waals surface area contributed by atoms with Crippen LogP contribution in [-0.4, -0.2) is 17.9 Å². The molecule has 0 N–H and O–H groups in total. The van der Waals surface area contributed by atoms with E-state index in [9.17, 15) is 14.4 Å². The number of hydrogen-bond acceptors (Lipinski definition) is 5. The molecule has 0 amide bonds. The Labute approximate surface area is 114 Å². The molecule has 0 aliphatic heterocycles. The lowest BCUT2D eigenvalue weighted by Gasteiger charge is -2.02. The molecule has 0 aliphatic carbocycles. The van der Waals surface area contributed by atoms with E-state index in [4.69, 9.17) is 0 Å². The molecule has 0 heterocycles. The topological polar surface area (TPSA) is 75.9 Å². The number of ketones is 1. The van der Waals surface area contributed by atoms with E-state index < -0.39 is 0 Å². The van der Waals surface area contributed by atoms with Crippen molar-refractivity contribution >= 4 is 29.3 Å². The summed E-state index contributed by atoms with van der Waals surface area (Å²) in [7, 11) is 0. The summed E-state index contributed by atoms with van der Waals surface area (Å²) < 4.78 is 0. The van der Waals surface area contributed by atoms with Crippen LogP contribution in [0.3, 0.4) is 0 Å². The number of nitrogens with zero attached hydrogens (tertiary/aromatic N) is 2. The smallest absolute Gasteiger partial charge is 0.240 e. The Bertz CT molecular complexity index is 692. The molecule has 2 aromatic rings. The van der Waals surface area contributed by atoms with Crippen LogP contribution in [0.2, 0.25) is 0 Å². The molecule has 0 radical (unpaired) electrons. The number of carbonyl (C=O) groups is 1. The number of rotatable bonds is 4. The minimum absolute atomic E-state index is 0.254. The zero-order valence-corrected chi connectivity index (χ0v) is 10.2. The first-order chi connectivity index (χ1) is 9.74. The Balaban J connectivity index is 2.40. The maximum atomic E-state index is 12.3. The lowest BCUT2D eigenvalue weighted by molar-refractivity contribution is 0.103. The van der Waals surface area contributed by atoms with E-state index in [-0.39, 0.29) is 5.78 Å². The summed E-state index contributed by atoms with van der Waals surface area (Å²) in [6, 6.07) is 12.6. The summed E-state index contributed by atoms with van der Waals surface area (Å²) in [5.41, 5.74) is 1.48. The standard InChI is InChI=1S/C15H8N2O3/c18-9-16-13-5-1-3-11(7-13)15(20)12-4-2-6-14(8-12)17-10-19/h1-8H. The van der Waals surface area contributed by atoms with Crippen LogP contribution in [0.25, 0.3) is 0 Å². The highest BCUT2D eigenvalue weighted by Gasteiger charge is 2.10. The Morgan fingerprint density at radius 1 is 0.800 bits per heavy atom. The van der Waals surface area contributed by atoms with Gasteiger partial charge in [0.25, 0.3) is 0 Å². The van der Waals surface area contributed by atoms with E-state index in [1.807, 2.05) is 0 Å². The van der Waals surface area contributed by atoms with Gasteiger partial charge in [-0.3, -0.25) is 4.79 Å². The molecule has 0 spiro atoms. The molecule has 2 rings (SSSR count). The summed E-state index contributed by atoms with van der Waals surface area (Å²) in [4.78, 5) is 39.6. The van der Waals surface area contributed by atoms with Crippen LogP contribution in [0.15, 0.2) is 58.5 Å². The van der Waals surface area contributed by atoms with Gasteiger partial charge in [-0.1, -0.05) is 24.3 Å². The highest BCUT2D eigenvalue weighted by molar-refractivity contribution is 6.09. The third-order valence-corrected chi connectivity index (χ3v) is 2.57. The zero-order valence-electron chi connectivity index (χ0n) is 10.2. The molecule has 2 aromatic carbocycles. The second-order valence-corrected chi connectivity index (χ2v) is 3.84. The monoisotopic (exact) mass is 264 g/mol. The molecule has 0 saturated heterocycles. The molecule has 0 aliphatic rings. The van der Waals surface area contributed by atoms with Crippen molar-refractivity contribution in [2.45, 2.75) is 0 Å². The maximum absolute atomic E-state index is 12.3. The molecule has 0 bridgehead atoms. The van der Waals surface area contributed by atoms with Gasteiger partial charge in [0.2, 0.25) is 12.2 Å². The average Bonchev–Trinajstić information content (AvgIpc) is 2.48. The van der Waals surface area contributed by atoms with Crippen LogP contribution < -0.4 is 0 Å². The van der Waals surface area contributed by atoms with E-state index in [0.29, 0.717) is 22.5 Å². The van der Waals surface area contributed by atoms with Gasteiger partial charge in [0, 0.05) is 11.1 Å². The second-order valence-electron chi connectivity index (χ2n) is 3.84. The van der Waals surface area contributed by atoms with Gasteiger partial charge in [0.1, 0.15) is 0 Å². The normalized spacial score (nSPS) is 9.20. The van der Waals surface area contributed by atoms with Crippen LogP contribution in [0.5, 0.6) is 0 Å². The van der Waals surface area contributed by atoms with Crippen LogP contribution in [-0.2, 0) is 9.59 Å². The SMILES string of the molecule is O=C=Nc1cccc(C(=O)c2cccc(N=C=O)c2)c1. The van der Waals surface area contributed by atoms with Crippen LogP contribution in [0.1, 0.15) is 15.9 Å². The Kier molecular flexibility index (Phi) is 4.10. The van der Waals surface area contributed by atoms with Crippen molar-refractivity contribution in [3.05, 3.63) is 59.7 Å². The van der Waals surface area contributed by atoms with Crippen molar-refractivity contribution in [2.24, 2.45) is 9.98 Å². The van der Waals surface area contributed by atoms with Gasteiger partial charge in [0.05, 0.1) is 11.4 Å². The summed E-state index contributed by atoms with van der Waals surface area (Å²) in [6.07, 6.45) is 2.84. The predicted molar refractivity (Wildman–Crippen MR) is 71.9 cm³/mol. The lowest BCUT2D eigenvalue weighted by Crippen LogP contribution is -2.00. The molecular weight excluding hydrogens is 256 g/mol. The molecule has 0 saturated carbocycles. The van der Waals surface area contributed by atoms with E-state index in [0.717, 1.165) is 0 Å². The summed E-state index contributed by atoms with van der Waals surface area (Å²) >= 11 is 0. The van der Waals surface area contributed by atoms with E-state index >= 15 is 0 Å². The minimum atomic E-state index is -0.254. The minimum Gasteiger partial charge on any atom is -0.289 e. The number of hydrogen-bond donors (Lipinski definition) is 0. The third-order valence-electron chi connectivity index (χ3n) is 2.57. The summed E-state index contributed by atoms with van der Waals surface area (Å²) in [5.74, 6) is -0.254. The summed E-state index contributed by atoms with van der Waals surface area (Å²) in [5, 5.41) is 0. The fraction of sp³-hybridized carbons (Fsp3) is 0. The van der Waals surface area contributed by atoms with Crippen LogP contribution in [0, 0.1) is 0 Å². The van der Waals surface area contributed by atoms with Crippen molar-refractivity contribution in [3.63, 3.8) is 0 Å². The van der Waals surface area contributed by atoms with E-state index in [2.05, 4.69) is 9.98 Å². The Morgan fingerprint density at radius 3 is 1.65 bits per heavy atom. The summed E-state index contributed by atoms with van der Waals surface area (Å²) in [6.45, 7) is 0. The molecule has 20 heavy (non-hydrogen) atoms. The van der Waals surface area contributed by atoms with Crippen molar-refractivity contribution in [3.8, 4) is 0 Å². The van der Waals surface area contributed by atoms with Gasteiger partial charge >= 0.3 is 0 Å². The molecule has 0 fully saturated rings.